The molecule has 1 aliphatic rings. The highest BCUT2D eigenvalue weighted by Crippen LogP contribution is 2.38. The molecule has 1 aromatic carbocycles. The molecule has 0 spiro atoms. The SMILES string of the molecule is COc1nc(-c2ccnc(-c3cccc(NC(=O)c4ccc(C)cn4)c3C)c2Cl)ccc1CNC1CCOCC1. The van der Waals surface area contributed by atoms with Gasteiger partial charge in [0.25, 0.3) is 5.91 Å². The van der Waals surface area contributed by atoms with Crippen LogP contribution in [-0.4, -0.2) is 47.2 Å². The Labute approximate surface area is 239 Å². The number of carbonyl (C=O) groups excluding carboxylic acids is 1. The molecule has 1 aliphatic heterocycles. The number of pyridine rings is 3. The highest BCUT2D eigenvalue weighted by Gasteiger charge is 2.19. The van der Waals surface area contributed by atoms with Crippen LogP contribution >= 0.6 is 11.6 Å². The zero-order chi connectivity index (χ0) is 28.1. The summed E-state index contributed by atoms with van der Waals surface area (Å²) in [5.74, 6) is 0.271. The molecule has 1 amide bonds. The number of amides is 1. The van der Waals surface area contributed by atoms with Gasteiger partial charge in [0, 0.05) is 60.6 Å². The largest absolute Gasteiger partial charge is 0.481 e. The lowest BCUT2D eigenvalue weighted by Gasteiger charge is -2.23. The van der Waals surface area contributed by atoms with Crippen LogP contribution in [0.5, 0.6) is 5.88 Å². The molecule has 2 N–H and O–H groups in total. The first-order chi connectivity index (χ1) is 19.4. The highest BCUT2D eigenvalue weighted by atomic mass is 35.5. The van der Waals surface area contributed by atoms with Crippen molar-refractivity contribution in [2.24, 2.45) is 0 Å². The molecular weight excluding hydrogens is 526 g/mol. The molecule has 1 saturated heterocycles. The van der Waals surface area contributed by atoms with Crippen LogP contribution in [0.4, 0.5) is 5.69 Å². The number of aromatic nitrogens is 3. The Balaban J connectivity index is 1.40. The zero-order valence-electron chi connectivity index (χ0n) is 22.8. The van der Waals surface area contributed by atoms with Crippen molar-refractivity contribution in [2.45, 2.75) is 39.3 Å². The van der Waals surface area contributed by atoms with Gasteiger partial charge in [0.2, 0.25) is 5.88 Å². The molecule has 1 fully saturated rings. The summed E-state index contributed by atoms with van der Waals surface area (Å²) in [4.78, 5) is 26.4. The third-order valence-electron chi connectivity index (χ3n) is 7.08. The van der Waals surface area contributed by atoms with Crippen molar-refractivity contribution >= 4 is 23.2 Å². The lowest BCUT2D eigenvalue weighted by atomic mass is 10.0. The zero-order valence-corrected chi connectivity index (χ0v) is 23.6. The van der Waals surface area contributed by atoms with Gasteiger partial charge in [-0.05, 0) is 62.1 Å². The minimum atomic E-state index is -0.282. The van der Waals surface area contributed by atoms with Gasteiger partial charge >= 0.3 is 0 Å². The van der Waals surface area contributed by atoms with E-state index < -0.39 is 0 Å². The van der Waals surface area contributed by atoms with Crippen molar-refractivity contribution in [2.75, 3.05) is 25.6 Å². The van der Waals surface area contributed by atoms with E-state index in [4.69, 9.17) is 26.1 Å². The van der Waals surface area contributed by atoms with Crippen molar-refractivity contribution in [3.05, 3.63) is 88.3 Å². The molecule has 8 nitrogen and oxygen atoms in total. The van der Waals surface area contributed by atoms with Crippen molar-refractivity contribution in [1.29, 1.82) is 0 Å². The number of hydrogen-bond acceptors (Lipinski definition) is 7. The lowest BCUT2D eigenvalue weighted by molar-refractivity contribution is 0.0775. The van der Waals surface area contributed by atoms with E-state index in [0.29, 0.717) is 46.3 Å². The smallest absolute Gasteiger partial charge is 0.274 e. The number of hydrogen-bond donors (Lipinski definition) is 2. The first kappa shape index (κ1) is 27.7. The topological polar surface area (TPSA) is 98.3 Å². The van der Waals surface area contributed by atoms with E-state index in [1.807, 2.05) is 56.3 Å². The van der Waals surface area contributed by atoms with Gasteiger partial charge in [0.05, 0.1) is 23.5 Å². The summed E-state index contributed by atoms with van der Waals surface area (Å²) in [6.45, 7) is 6.09. The number of methoxy groups -OCH3 is 1. The van der Waals surface area contributed by atoms with Crippen LogP contribution < -0.4 is 15.4 Å². The first-order valence-corrected chi connectivity index (χ1v) is 13.7. The number of rotatable bonds is 8. The fourth-order valence-electron chi connectivity index (χ4n) is 4.73. The minimum absolute atomic E-state index is 0.282. The van der Waals surface area contributed by atoms with Crippen LogP contribution in [0.3, 0.4) is 0 Å². The summed E-state index contributed by atoms with van der Waals surface area (Å²) in [5.41, 5.74) is 6.66. The van der Waals surface area contributed by atoms with E-state index in [1.165, 1.54) is 0 Å². The maximum Gasteiger partial charge on any atom is 0.274 e. The van der Waals surface area contributed by atoms with Crippen LogP contribution in [0.1, 0.15) is 40.0 Å². The monoisotopic (exact) mass is 557 g/mol. The second kappa shape index (κ2) is 12.6. The summed E-state index contributed by atoms with van der Waals surface area (Å²) >= 11 is 6.95. The van der Waals surface area contributed by atoms with Crippen molar-refractivity contribution in [3.8, 4) is 28.4 Å². The summed E-state index contributed by atoms with van der Waals surface area (Å²) in [6.07, 6.45) is 5.38. The van der Waals surface area contributed by atoms with Crippen LogP contribution in [0.25, 0.3) is 22.5 Å². The Bertz CT molecular complexity index is 1500. The van der Waals surface area contributed by atoms with E-state index in [1.54, 1.807) is 25.6 Å². The molecule has 0 saturated carbocycles. The van der Waals surface area contributed by atoms with Gasteiger partial charge < -0.3 is 20.1 Å². The first-order valence-electron chi connectivity index (χ1n) is 13.3. The van der Waals surface area contributed by atoms with Crippen molar-refractivity contribution in [1.82, 2.24) is 20.3 Å². The maximum atomic E-state index is 12.8. The highest BCUT2D eigenvalue weighted by molar-refractivity contribution is 6.35. The van der Waals surface area contributed by atoms with E-state index >= 15 is 0 Å². The fraction of sp³-hybridized carbons (Fsp3) is 0.290. The number of aryl methyl sites for hydroxylation is 1. The standard InChI is InChI=1S/C31H32ClN5O3/c1-19-7-9-27(35-17-19)30(38)36-25-6-4-5-23(20(25)2)29-28(32)24(11-14-33-29)26-10-8-21(31(37-26)39-3)18-34-22-12-15-40-16-13-22/h4-11,14,17,22,34H,12-13,15-16,18H2,1-3H3,(H,36,38). The quantitative estimate of drug-likeness (QED) is 0.274. The second-order valence-electron chi connectivity index (χ2n) is 9.81. The molecular formula is C31H32ClN5O3. The third-order valence-corrected chi connectivity index (χ3v) is 7.46. The molecule has 4 heterocycles. The van der Waals surface area contributed by atoms with E-state index in [2.05, 4.69) is 20.6 Å². The number of nitrogens with one attached hydrogen (secondary N) is 2. The molecule has 5 rings (SSSR count). The summed E-state index contributed by atoms with van der Waals surface area (Å²) in [6, 6.07) is 15.5. The molecule has 206 valence electrons. The average molecular weight is 558 g/mol. The van der Waals surface area contributed by atoms with Gasteiger partial charge in [-0.2, -0.15) is 0 Å². The van der Waals surface area contributed by atoms with Crippen LogP contribution in [-0.2, 0) is 11.3 Å². The summed E-state index contributed by atoms with van der Waals surface area (Å²) in [5, 5.41) is 7.02. The fourth-order valence-corrected chi connectivity index (χ4v) is 5.04. The van der Waals surface area contributed by atoms with Crippen molar-refractivity contribution in [3.63, 3.8) is 0 Å². The number of benzene rings is 1. The Morgan fingerprint density at radius 2 is 1.88 bits per heavy atom. The minimum Gasteiger partial charge on any atom is -0.481 e. The maximum absolute atomic E-state index is 12.8. The molecule has 0 radical (unpaired) electrons. The Hall–Kier alpha value is -3.85. The number of anilines is 1. The molecule has 9 heteroatoms. The molecule has 0 aliphatic carbocycles. The Kier molecular flexibility index (Phi) is 8.69. The van der Waals surface area contributed by atoms with Gasteiger partial charge in [0.1, 0.15) is 5.69 Å². The van der Waals surface area contributed by atoms with Gasteiger partial charge in [-0.3, -0.25) is 14.8 Å². The number of halogens is 1. The predicted octanol–water partition coefficient (Wildman–Crippen LogP) is 6.01. The van der Waals surface area contributed by atoms with Crippen LogP contribution in [0.2, 0.25) is 5.02 Å². The van der Waals surface area contributed by atoms with Crippen LogP contribution in [0, 0.1) is 13.8 Å². The number of carbonyl (C=O) groups is 1. The number of ether oxygens (including phenoxy) is 2. The Morgan fingerprint density at radius 1 is 1.05 bits per heavy atom. The van der Waals surface area contributed by atoms with Gasteiger partial charge in [-0.25, -0.2) is 4.98 Å². The molecule has 40 heavy (non-hydrogen) atoms. The number of nitrogens with zero attached hydrogens (tertiary/aromatic N) is 3. The average Bonchev–Trinajstić information content (AvgIpc) is 2.98. The molecule has 0 unspecified atom stereocenters. The van der Waals surface area contributed by atoms with Crippen LogP contribution in [0.15, 0.2) is 60.9 Å². The third kappa shape index (κ3) is 6.14. The van der Waals surface area contributed by atoms with E-state index in [0.717, 1.165) is 53.9 Å². The molecule has 3 aromatic heterocycles. The molecule has 0 bridgehead atoms. The van der Waals surface area contributed by atoms with Gasteiger partial charge in [0.15, 0.2) is 0 Å². The summed E-state index contributed by atoms with van der Waals surface area (Å²) in [7, 11) is 1.62. The normalized spacial score (nSPS) is 13.7. The molecule has 4 aromatic rings. The van der Waals surface area contributed by atoms with Gasteiger partial charge in [-0.15, -0.1) is 0 Å². The van der Waals surface area contributed by atoms with Gasteiger partial charge in [-0.1, -0.05) is 35.9 Å². The predicted molar refractivity (Wildman–Crippen MR) is 157 cm³/mol. The lowest BCUT2D eigenvalue weighted by Crippen LogP contribution is -2.34. The van der Waals surface area contributed by atoms with E-state index in [-0.39, 0.29) is 5.91 Å². The van der Waals surface area contributed by atoms with Crippen molar-refractivity contribution < 1.29 is 14.3 Å². The second-order valence-corrected chi connectivity index (χ2v) is 10.2. The molecule has 0 atom stereocenters. The van der Waals surface area contributed by atoms with E-state index in [9.17, 15) is 4.79 Å². The Morgan fingerprint density at radius 3 is 2.62 bits per heavy atom. The summed E-state index contributed by atoms with van der Waals surface area (Å²) < 4.78 is 11.1.